The van der Waals surface area contributed by atoms with E-state index in [1.54, 1.807) is 13.8 Å². The first kappa shape index (κ1) is 17.5. The molecule has 0 atom stereocenters. The predicted octanol–water partition coefficient (Wildman–Crippen LogP) is 4.12. The van der Waals surface area contributed by atoms with Crippen LogP contribution in [-0.4, -0.2) is 17.0 Å². The normalized spacial score (nSPS) is 15.5. The number of aliphatic hydroxyl groups excluding tert-OH is 1. The lowest BCUT2D eigenvalue weighted by Crippen LogP contribution is -2.11. The van der Waals surface area contributed by atoms with Crippen LogP contribution in [0.4, 0.5) is 0 Å². The molecule has 0 fully saturated rings. The molecule has 0 heterocycles. The lowest BCUT2D eigenvalue weighted by atomic mass is 10.0. The molecule has 5 heteroatoms. The molecule has 1 aliphatic carbocycles. The highest BCUT2D eigenvalue weighted by molar-refractivity contribution is 5.97. The molecule has 1 N–H and O–H groups in total. The Balaban J connectivity index is 2.59. The summed E-state index contributed by atoms with van der Waals surface area (Å²) in [5, 5.41) is 9.52. The second-order valence-electron chi connectivity index (χ2n) is 5.26. The minimum atomic E-state index is -0.534. The lowest BCUT2D eigenvalue weighted by Gasteiger charge is -2.14. The smallest absolute Gasteiger partial charge is 0.311 e. The fourth-order valence-electron chi connectivity index (χ4n) is 2.37. The van der Waals surface area contributed by atoms with Gasteiger partial charge in [-0.25, -0.2) is 0 Å². The summed E-state index contributed by atoms with van der Waals surface area (Å²) >= 11 is 0. The van der Waals surface area contributed by atoms with E-state index in [0.717, 1.165) is 16.7 Å². The standard InChI is InChI=1S/C19H20O5/c1-4-17(21)23-16(11-20)19(24-18(22)5-2)15-10-12(3)13-8-6-7-9-14(13)15/h6-11,20H,4-5H2,1-3H3/b16-11+,19-15-. The van der Waals surface area contributed by atoms with E-state index in [9.17, 15) is 14.7 Å². The third-order valence-electron chi connectivity index (χ3n) is 3.61. The molecule has 0 spiro atoms. The van der Waals surface area contributed by atoms with Gasteiger partial charge in [-0.15, -0.1) is 0 Å². The molecule has 0 amide bonds. The molecule has 0 aromatic heterocycles. The van der Waals surface area contributed by atoms with Crippen LogP contribution in [0.15, 0.2) is 48.1 Å². The summed E-state index contributed by atoms with van der Waals surface area (Å²) in [6.45, 7) is 5.23. The number of carbonyl (C=O) groups is 2. The van der Waals surface area contributed by atoms with E-state index >= 15 is 0 Å². The van der Waals surface area contributed by atoms with Gasteiger partial charge in [0, 0.05) is 18.4 Å². The van der Waals surface area contributed by atoms with Crippen molar-refractivity contribution in [2.45, 2.75) is 33.6 Å². The van der Waals surface area contributed by atoms with Crippen molar-refractivity contribution < 1.29 is 24.2 Å². The van der Waals surface area contributed by atoms with Crippen molar-refractivity contribution in [2.24, 2.45) is 0 Å². The number of esters is 2. The van der Waals surface area contributed by atoms with E-state index in [2.05, 4.69) is 0 Å². The van der Waals surface area contributed by atoms with Crippen LogP contribution >= 0.6 is 0 Å². The molecule has 1 aromatic rings. The largest absolute Gasteiger partial charge is 0.512 e. The van der Waals surface area contributed by atoms with Gasteiger partial charge in [0.1, 0.15) is 6.26 Å². The highest BCUT2D eigenvalue weighted by atomic mass is 16.6. The average Bonchev–Trinajstić information content (AvgIpc) is 2.94. The molecule has 1 aromatic carbocycles. The highest BCUT2D eigenvalue weighted by Gasteiger charge is 2.25. The van der Waals surface area contributed by atoms with Crippen LogP contribution in [0.2, 0.25) is 0 Å². The van der Waals surface area contributed by atoms with Gasteiger partial charge in [-0.2, -0.15) is 0 Å². The summed E-state index contributed by atoms with van der Waals surface area (Å²) in [5.41, 5.74) is 3.43. The summed E-state index contributed by atoms with van der Waals surface area (Å²) in [7, 11) is 0. The first-order valence-corrected chi connectivity index (χ1v) is 7.80. The molecule has 0 bridgehead atoms. The summed E-state index contributed by atoms with van der Waals surface area (Å²) in [6.07, 6.45) is 2.77. The van der Waals surface area contributed by atoms with E-state index in [-0.39, 0.29) is 24.4 Å². The van der Waals surface area contributed by atoms with Gasteiger partial charge in [0.2, 0.25) is 5.76 Å². The first-order valence-electron chi connectivity index (χ1n) is 7.80. The van der Waals surface area contributed by atoms with E-state index in [4.69, 9.17) is 9.47 Å². The van der Waals surface area contributed by atoms with Crippen LogP contribution in [0.5, 0.6) is 0 Å². The Labute approximate surface area is 140 Å². The number of ether oxygens (including phenoxy) is 2. The third-order valence-corrected chi connectivity index (χ3v) is 3.61. The van der Waals surface area contributed by atoms with Crippen LogP contribution in [-0.2, 0) is 19.1 Å². The second kappa shape index (κ2) is 7.64. The molecular weight excluding hydrogens is 308 g/mol. The van der Waals surface area contributed by atoms with E-state index in [0.29, 0.717) is 11.8 Å². The van der Waals surface area contributed by atoms with Gasteiger partial charge < -0.3 is 14.6 Å². The molecule has 1 aliphatic rings. The summed E-state index contributed by atoms with van der Waals surface area (Å²) in [5.74, 6) is -1.16. The van der Waals surface area contributed by atoms with Gasteiger partial charge in [-0.1, -0.05) is 38.1 Å². The fourth-order valence-corrected chi connectivity index (χ4v) is 2.37. The second-order valence-corrected chi connectivity index (χ2v) is 5.26. The van der Waals surface area contributed by atoms with Gasteiger partial charge in [-0.05, 0) is 29.7 Å². The predicted molar refractivity (Wildman–Crippen MR) is 90.5 cm³/mol. The molecule has 126 valence electrons. The number of aliphatic hydroxyl groups is 1. The van der Waals surface area contributed by atoms with E-state index < -0.39 is 11.9 Å². The van der Waals surface area contributed by atoms with Crippen LogP contribution in [0.1, 0.15) is 44.7 Å². The summed E-state index contributed by atoms with van der Waals surface area (Å²) in [6, 6.07) is 7.61. The van der Waals surface area contributed by atoms with Crippen molar-refractivity contribution in [1.82, 2.24) is 0 Å². The third kappa shape index (κ3) is 3.56. The van der Waals surface area contributed by atoms with Gasteiger partial charge in [0.25, 0.3) is 0 Å². The van der Waals surface area contributed by atoms with E-state index in [1.165, 1.54) is 0 Å². The van der Waals surface area contributed by atoms with Crippen LogP contribution < -0.4 is 0 Å². The van der Waals surface area contributed by atoms with Gasteiger partial charge in [0.05, 0.1) is 0 Å². The zero-order chi connectivity index (χ0) is 17.7. The Morgan fingerprint density at radius 2 is 1.62 bits per heavy atom. The quantitative estimate of drug-likeness (QED) is 0.650. The van der Waals surface area contributed by atoms with Crippen molar-refractivity contribution in [3.05, 3.63) is 59.2 Å². The minimum Gasteiger partial charge on any atom is -0.512 e. The average molecular weight is 328 g/mol. The van der Waals surface area contributed by atoms with Gasteiger partial charge in [0.15, 0.2) is 5.76 Å². The first-order chi connectivity index (χ1) is 11.5. The number of fused-ring (bicyclic) bond motifs is 1. The van der Waals surface area contributed by atoms with Crippen molar-refractivity contribution in [1.29, 1.82) is 0 Å². The number of benzene rings is 1. The Kier molecular flexibility index (Phi) is 5.58. The molecule has 0 aliphatic heterocycles. The number of rotatable bonds is 5. The van der Waals surface area contributed by atoms with Crippen LogP contribution in [0.3, 0.4) is 0 Å². The number of allylic oxidation sites excluding steroid dienone is 3. The molecule has 0 saturated carbocycles. The zero-order valence-corrected chi connectivity index (χ0v) is 14.0. The van der Waals surface area contributed by atoms with Crippen LogP contribution in [0, 0.1) is 0 Å². The summed E-state index contributed by atoms with van der Waals surface area (Å²) < 4.78 is 10.5. The molecule has 0 unspecified atom stereocenters. The van der Waals surface area contributed by atoms with Gasteiger partial charge >= 0.3 is 11.9 Å². The van der Waals surface area contributed by atoms with Crippen molar-refractivity contribution in [2.75, 3.05) is 0 Å². The Morgan fingerprint density at radius 3 is 2.21 bits per heavy atom. The maximum absolute atomic E-state index is 11.8. The molecule has 5 nitrogen and oxygen atoms in total. The molecule has 2 rings (SSSR count). The van der Waals surface area contributed by atoms with Crippen molar-refractivity contribution in [3.8, 4) is 0 Å². The highest BCUT2D eigenvalue weighted by Crippen LogP contribution is 2.39. The number of hydrogen-bond acceptors (Lipinski definition) is 5. The fraction of sp³-hybridized carbons (Fsp3) is 0.263. The maximum atomic E-state index is 11.8. The molecular formula is C19H20O5. The lowest BCUT2D eigenvalue weighted by molar-refractivity contribution is -0.143. The van der Waals surface area contributed by atoms with Crippen molar-refractivity contribution >= 4 is 23.1 Å². The summed E-state index contributed by atoms with van der Waals surface area (Å²) in [4.78, 5) is 23.4. The Morgan fingerprint density at radius 1 is 1.04 bits per heavy atom. The monoisotopic (exact) mass is 328 g/mol. The molecule has 0 saturated heterocycles. The Bertz CT molecular complexity index is 753. The Hall–Kier alpha value is -2.82. The molecule has 0 radical (unpaired) electrons. The molecule has 24 heavy (non-hydrogen) atoms. The number of hydrogen-bond donors (Lipinski definition) is 1. The topological polar surface area (TPSA) is 72.8 Å². The van der Waals surface area contributed by atoms with Crippen LogP contribution in [0.25, 0.3) is 11.1 Å². The minimum absolute atomic E-state index is 0.0375. The SMILES string of the molecule is CCC(=O)OC(=C1/C=C(C)c2ccccc21)/C(=C\O)OC(=O)CC. The van der Waals surface area contributed by atoms with Crippen molar-refractivity contribution in [3.63, 3.8) is 0 Å². The maximum Gasteiger partial charge on any atom is 0.311 e. The van der Waals surface area contributed by atoms with E-state index in [1.807, 2.05) is 37.3 Å². The number of carbonyl (C=O) groups excluding carboxylic acids is 2. The van der Waals surface area contributed by atoms with Gasteiger partial charge in [-0.3, -0.25) is 9.59 Å². The zero-order valence-electron chi connectivity index (χ0n) is 14.0.